The highest BCUT2D eigenvalue weighted by Gasteiger charge is 2.37. The van der Waals surface area contributed by atoms with E-state index in [-0.39, 0.29) is 19.0 Å². The largest absolute Gasteiger partial charge is 0.485 e. The summed E-state index contributed by atoms with van der Waals surface area (Å²) in [6.07, 6.45) is 0. The number of carbonyl (C=O) groups is 2. The van der Waals surface area contributed by atoms with Crippen molar-refractivity contribution in [2.75, 3.05) is 13.2 Å². The van der Waals surface area contributed by atoms with E-state index in [9.17, 15) is 9.59 Å². The van der Waals surface area contributed by atoms with Crippen molar-refractivity contribution in [3.63, 3.8) is 0 Å². The van der Waals surface area contributed by atoms with Gasteiger partial charge in [0.25, 0.3) is 0 Å². The average molecular weight is 313 g/mol. The molecule has 0 saturated carbocycles. The van der Waals surface area contributed by atoms with Crippen molar-refractivity contribution in [2.45, 2.75) is 34.6 Å². The summed E-state index contributed by atoms with van der Waals surface area (Å²) in [7, 11) is 0. The van der Waals surface area contributed by atoms with Gasteiger partial charge >= 0.3 is 5.97 Å². The van der Waals surface area contributed by atoms with Gasteiger partial charge in [-0.1, -0.05) is 11.6 Å². The highest BCUT2D eigenvalue weighted by Crippen LogP contribution is 2.28. The number of ether oxygens (including phenoxy) is 2. The standard InChI is InChI=1S/C16H21ClO4/c1-6-20-15(19)16(4,5)13(18)9-21-14-10(2)7-12(17)8-11(14)3/h7-8H,6,9H2,1-5H3. The first-order chi connectivity index (χ1) is 9.70. The van der Waals surface area contributed by atoms with Crippen molar-refractivity contribution >= 4 is 23.4 Å². The summed E-state index contributed by atoms with van der Waals surface area (Å²) >= 11 is 5.95. The van der Waals surface area contributed by atoms with Crippen LogP contribution in [0.1, 0.15) is 31.9 Å². The third kappa shape index (κ3) is 4.21. The number of halogens is 1. The number of Topliss-reactive ketones (excluding diaryl/α,β-unsaturated/α-hetero) is 1. The molecular formula is C16H21ClO4. The van der Waals surface area contributed by atoms with E-state index in [2.05, 4.69) is 0 Å². The van der Waals surface area contributed by atoms with Gasteiger partial charge in [0.15, 0.2) is 5.78 Å². The zero-order valence-electron chi connectivity index (χ0n) is 13.1. The number of aryl methyl sites for hydroxylation is 2. The van der Waals surface area contributed by atoms with Crippen LogP contribution in [0.15, 0.2) is 12.1 Å². The van der Waals surface area contributed by atoms with Crippen LogP contribution in [0, 0.1) is 19.3 Å². The third-order valence-electron chi connectivity index (χ3n) is 3.26. The van der Waals surface area contributed by atoms with E-state index >= 15 is 0 Å². The lowest BCUT2D eigenvalue weighted by Gasteiger charge is -2.21. The highest BCUT2D eigenvalue weighted by atomic mass is 35.5. The Kier molecular flexibility index (Phi) is 5.78. The molecule has 0 fully saturated rings. The first kappa shape index (κ1) is 17.5. The molecule has 0 aliphatic carbocycles. The summed E-state index contributed by atoms with van der Waals surface area (Å²) in [4.78, 5) is 24.0. The maximum atomic E-state index is 12.2. The Hall–Kier alpha value is -1.55. The van der Waals surface area contributed by atoms with E-state index < -0.39 is 11.4 Å². The van der Waals surface area contributed by atoms with Gasteiger partial charge in [0.05, 0.1) is 6.61 Å². The van der Waals surface area contributed by atoms with Crippen LogP contribution in [0.2, 0.25) is 5.02 Å². The number of carbonyl (C=O) groups excluding carboxylic acids is 2. The summed E-state index contributed by atoms with van der Waals surface area (Å²) in [6, 6.07) is 3.54. The Labute approximate surface area is 130 Å². The predicted molar refractivity (Wildman–Crippen MR) is 81.8 cm³/mol. The van der Waals surface area contributed by atoms with Gasteiger partial charge in [0, 0.05) is 5.02 Å². The zero-order valence-corrected chi connectivity index (χ0v) is 13.8. The fourth-order valence-corrected chi connectivity index (χ4v) is 2.20. The molecule has 1 rings (SSSR count). The zero-order chi connectivity index (χ0) is 16.2. The molecule has 0 aliphatic heterocycles. The molecule has 1 aromatic carbocycles. The van der Waals surface area contributed by atoms with Crippen molar-refractivity contribution in [3.05, 3.63) is 28.3 Å². The Balaban J connectivity index is 2.80. The molecule has 1 aromatic rings. The molecule has 4 nitrogen and oxygen atoms in total. The Morgan fingerprint density at radius 3 is 2.19 bits per heavy atom. The number of hydrogen-bond acceptors (Lipinski definition) is 4. The van der Waals surface area contributed by atoms with Crippen LogP contribution in [0.4, 0.5) is 0 Å². The van der Waals surface area contributed by atoms with Gasteiger partial charge in [-0.25, -0.2) is 0 Å². The van der Waals surface area contributed by atoms with Crippen molar-refractivity contribution < 1.29 is 19.1 Å². The molecule has 5 heteroatoms. The van der Waals surface area contributed by atoms with E-state index in [1.165, 1.54) is 13.8 Å². The second-order valence-electron chi connectivity index (χ2n) is 5.43. The molecule has 0 heterocycles. The summed E-state index contributed by atoms with van der Waals surface area (Å²) in [6.45, 7) is 8.55. The molecule has 116 valence electrons. The van der Waals surface area contributed by atoms with Crippen LogP contribution in [0.3, 0.4) is 0 Å². The van der Waals surface area contributed by atoms with Crippen LogP contribution in [0.5, 0.6) is 5.75 Å². The van der Waals surface area contributed by atoms with Gasteiger partial charge in [-0.05, 0) is 57.9 Å². The van der Waals surface area contributed by atoms with E-state index in [1.807, 2.05) is 13.8 Å². The normalized spacial score (nSPS) is 11.1. The number of hydrogen-bond donors (Lipinski definition) is 0. The summed E-state index contributed by atoms with van der Waals surface area (Å²) in [5.41, 5.74) is 0.480. The van der Waals surface area contributed by atoms with Gasteiger partial charge in [-0.15, -0.1) is 0 Å². The SMILES string of the molecule is CCOC(=O)C(C)(C)C(=O)COc1c(C)cc(Cl)cc1C. The van der Waals surface area contributed by atoms with Crippen molar-refractivity contribution in [1.29, 1.82) is 0 Å². The number of esters is 1. The molecule has 0 radical (unpaired) electrons. The molecule has 0 unspecified atom stereocenters. The van der Waals surface area contributed by atoms with Gasteiger partial charge in [0.1, 0.15) is 17.8 Å². The monoisotopic (exact) mass is 312 g/mol. The fraction of sp³-hybridized carbons (Fsp3) is 0.500. The maximum absolute atomic E-state index is 12.2. The molecule has 0 saturated heterocycles. The molecule has 0 amide bonds. The van der Waals surface area contributed by atoms with Crippen LogP contribution < -0.4 is 4.74 Å². The van der Waals surface area contributed by atoms with E-state index in [1.54, 1.807) is 19.1 Å². The number of rotatable bonds is 6. The first-order valence-corrected chi connectivity index (χ1v) is 7.18. The van der Waals surface area contributed by atoms with Gasteiger partial charge in [-0.2, -0.15) is 0 Å². The number of ketones is 1. The van der Waals surface area contributed by atoms with Crippen LogP contribution >= 0.6 is 11.6 Å². The average Bonchev–Trinajstić information content (AvgIpc) is 2.37. The highest BCUT2D eigenvalue weighted by molar-refractivity contribution is 6.30. The summed E-state index contributed by atoms with van der Waals surface area (Å²) < 4.78 is 10.5. The molecule has 0 spiro atoms. The van der Waals surface area contributed by atoms with E-state index in [0.717, 1.165) is 11.1 Å². The van der Waals surface area contributed by atoms with Gasteiger partial charge < -0.3 is 9.47 Å². The van der Waals surface area contributed by atoms with Gasteiger partial charge in [-0.3, -0.25) is 9.59 Å². The number of benzene rings is 1. The molecular weight excluding hydrogens is 292 g/mol. The van der Waals surface area contributed by atoms with Crippen molar-refractivity contribution in [1.82, 2.24) is 0 Å². The van der Waals surface area contributed by atoms with Crippen molar-refractivity contribution in [2.24, 2.45) is 5.41 Å². The Morgan fingerprint density at radius 2 is 1.71 bits per heavy atom. The van der Waals surface area contributed by atoms with Crippen LogP contribution in [0.25, 0.3) is 0 Å². The van der Waals surface area contributed by atoms with Gasteiger partial charge in [0.2, 0.25) is 0 Å². The lowest BCUT2D eigenvalue weighted by Crippen LogP contribution is -2.38. The molecule has 0 aliphatic rings. The van der Waals surface area contributed by atoms with Crippen LogP contribution in [-0.4, -0.2) is 25.0 Å². The van der Waals surface area contributed by atoms with E-state index in [0.29, 0.717) is 10.8 Å². The van der Waals surface area contributed by atoms with Crippen molar-refractivity contribution in [3.8, 4) is 5.75 Å². The van der Waals surface area contributed by atoms with Crippen LogP contribution in [-0.2, 0) is 14.3 Å². The maximum Gasteiger partial charge on any atom is 0.319 e. The Bertz CT molecular complexity index is 526. The lowest BCUT2D eigenvalue weighted by atomic mass is 9.88. The quantitative estimate of drug-likeness (QED) is 0.596. The van der Waals surface area contributed by atoms with E-state index in [4.69, 9.17) is 21.1 Å². The minimum Gasteiger partial charge on any atom is -0.485 e. The molecule has 21 heavy (non-hydrogen) atoms. The molecule has 0 bridgehead atoms. The summed E-state index contributed by atoms with van der Waals surface area (Å²) in [5.74, 6) is -0.245. The smallest absolute Gasteiger partial charge is 0.319 e. The minimum absolute atomic E-state index is 0.185. The second-order valence-corrected chi connectivity index (χ2v) is 5.86. The second kappa shape index (κ2) is 6.94. The summed E-state index contributed by atoms with van der Waals surface area (Å²) in [5, 5.41) is 0.621. The minimum atomic E-state index is -1.22. The lowest BCUT2D eigenvalue weighted by molar-refractivity contribution is -0.158. The Morgan fingerprint density at radius 1 is 1.19 bits per heavy atom. The molecule has 0 N–H and O–H groups in total. The molecule has 0 atom stereocenters. The topological polar surface area (TPSA) is 52.6 Å². The predicted octanol–water partition coefficient (Wildman–Crippen LogP) is 3.49. The first-order valence-electron chi connectivity index (χ1n) is 6.80. The third-order valence-corrected chi connectivity index (χ3v) is 3.47. The molecule has 0 aromatic heterocycles. The fourth-order valence-electron chi connectivity index (χ4n) is 1.87.